The number of fused-ring (bicyclic) bond motifs is 1. The van der Waals surface area contributed by atoms with Gasteiger partial charge < -0.3 is 0 Å². The third-order valence-electron chi connectivity index (χ3n) is 2.49. The molecule has 80 valence electrons. The predicted molar refractivity (Wildman–Crippen MR) is 68.1 cm³/mol. The minimum absolute atomic E-state index is 0.0518. The fourth-order valence-corrected chi connectivity index (χ4v) is 2.92. The SMILES string of the molecule is Cc1csc2cc(C(C)(C)C)c(Cl)nc12. The molecule has 0 saturated heterocycles. The Labute approximate surface area is 99.1 Å². The zero-order valence-electron chi connectivity index (χ0n) is 9.39. The van der Waals surface area contributed by atoms with Crippen LogP contribution in [0.5, 0.6) is 0 Å². The number of pyridine rings is 1. The van der Waals surface area contributed by atoms with Gasteiger partial charge in [-0.3, -0.25) is 0 Å². The summed E-state index contributed by atoms with van der Waals surface area (Å²) in [4.78, 5) is 4.48. The van der Waals surface area contributed by atoms with Crippen LogP contribution in [0.4, 0.5) is 0 Å². The van der Waals surface area contributed by atoms with E-state index in [2.05, 4.69) is 44.1 Å². The summed E-state index contributed by atoms with van der Waals surface area (Å²) < 4.78 is 1.22. The summed E-state index contributed by atoms with van der Waals surface area (Å²) in [6.07, 6.45) is 0. The molecule has 0 bridgehead atoms. The number of rotatable bonds is 0. The number of aryl methyl sites for hydroxylation is 1. The molecule has 0 aliphatic rings. The molecule has 2 heterocycles. The van der Waals surface area contributed by atoms with E-state index in [0.29, 0.717) is 5.15 Å². The minimum Gasteiger partial charge on any atom is -0.235 e. The quantitative estimate of drug-likeness (QED) is 0.615. The molecule has 0 radical (unpaired) electrons. The van der Waals surface area contributed by atoms with E-state index in [1.807, 2.05) is 0 Å². The second-order valence-electron chi connectivity index (χ2n) is 4.84. The number of aromatic nitrogens is 1. The Balaban J connectivity index is 2.74. The van der Waals surface area contributed by atoms with Crippen LogP contribution in [0.15, 0.2) is 11.4 Å². The van der Waals surface area contributed by atoms with Crippen molar-refractivity contribution in [2.45, 2.75) is 33.1 Å². The van der Waals surface area contributed by atoms with Gasteiger partial charge in [0.1, 0.15) is 5.15 Å². The van der Waals surface area contributed by atoms with Crippen molar-refractivity contribution < 1.29 is 0 Å². The summed E-state index contributed by atoms with van der Waals surface area (Å²) in [6.45, 7) is 8.53. The highest BCUT2D eigenvalue weighted by molar-refractivity contribution is 7.17. The smallest absolute Gasteiger partial charge is 0.133 e. The predicted octanol–water partition coefficient (Wildman–Crippen LogP) is 4.56. The average molecular weight is 240 g/mol. The number of nitrogens with zero attached hydrogens (tertiary/aromatic N) is 1. The molecule has 0 unspecified atom stereocenters. The second kappa shape index (κ2) is 3.46. The normalized spacial score (nSPS) is 12.3. The first-order valence-electron chi connectivity index (χ1n) is 4.94. The summed E-state index contributed by atoms with van der Waals surface area (Å²) >= 11 is 7.94. The van der Waals surface area contributed by atoms with Crippen molar-refractivity contribution in [3.63, 3.8) is 0 Å². The molecular formula is C12H14ClNS. The number of halogens is 1. The van der Waals surface area contributed by atoms with E-state index >= 15 is 0 Å². The molecule has 3 heteroatoms. The molecule has 2 aromatic heterocycles. The molecule has 0 fully saturated rings. The van der Waals surface area contributed by atoms with Gasteiger partial charge in [0.15, 0.2) is 0 Å². The summed E-state index contributed by atoms with van der Waals surface area (Å²) in [5.74, 6) is 0. The van der Waals surface area contributed by atoms with Crippen LogP contribution >= 0.6 is 22.9 Å². The van der Waals surface area contributed by atoms with Gasteiger partial charge in [0.05, 0.1) is 10.2 Å². The van der Waals surface area contributed by atoms with Crippen LogP contribution in [0.3, 0.4) is 0 Å². The first kappa shape index (κ1) is 10.9. The van der Waals surface area contributed by atoms with Crippen LogP contribution in [0, 0.1) is 6.92 Å². The van der Waals surface area contributed by atoms with Crippen molar-refractivity contribution >= 4 is 33.2 Å². The molecule has 0 spiro atoms. The van der Waals surface area contributed by atoms with Crippen molar-refractivity contribution in [2.24, 2.45) is 0 Å². The fourth-order valence-electron chi connectivity index (χ4n) is 1.58. The Morgan fingerprint density at radius 2 is 2.00 bits per heavy atom. The van der Waals surface area contributed by atoms with Crippen molar-refractivity contribution in [2.75, 3.05) is 0 Å². The van der Waals surface area contributed by atoms with Crippen LogP contribution in [0.1, 0.15) is 31.9 Å². The van der Waals surface area contributed by atoms with Gasteiger partial charge in [-0.1, -0.05) is 32.4 Å². The number of thiophene rings is 1. The first-order chi connectivity index (χ1) is 6.89. The van der Waals surface area contributed by atoms with Gasteiger partial charge in [-0.15, -0.1) is 11.3 Å². The summed E-state index contributed by atoms with van der Waals surface area (Å²) in [5.41, 5.74) is 3.42. The third kappa shape index (κ3) is 1.88. The molecular weight excluding hydrogens is 226 g/mol. The molecule has 0 amide bonds. The molecule has 0 aromatic carbocycles. The molecule has 2 aromatic rings. The molecule has 0 atom stereocenters. The Hall–Kier alpha value is -0.600. The van der Waals surface area contributed by atoms with E-state index in [0.717, 1.165) is 11.1 Å². The third-order valence-corrected chi connectivity index (χ3v) is 3.81. The van der Waals surface area contributed by atoms with Crippen LogP contribution in [0.25, 0.3) is 10.2 Å². The van der Waals surface area contributed by atoms with Crippen molar-refractivity contribution in [3.8, 4) is 0 Å². The topological polar surface area (TPSA) is 12.9 Å². The van der Waals surface area contributed by atoms with E-state index in [1.165, 1.54) is 10.3 Å². The molecule has 0 aliphatic heterocycles. The van der Waals surface area contributed by atoms with Crippen LogP contribution in [-0.2, 0) is 5.41 Å². The highest BCUT2D eigenvalue weighted by atomic mass is 35.5. The molecule has 0 aliphatic carbocycles. The Morgan fingerprint density at radius 3 is 2.60 bits per heavy atom. The second-order valence-corrected chi connectivity index (χ2v) is 6.11. The lowest BCUT2D eigenvalue weighted by Gasteiger charge is -2.19. The molecule has 0 N–H and O–H groups in total. The first-order valence-corrected chi connectivity index (χ1v) is 6.20. The highest BCUT2D eigenvalue weighted by Gasteiger charge is 2.19. The maximum atomic E-state index is 6.21. The zero-order chi connectivity index (χ0) is 11.2. The van der Waals surface area contributed by atoms with Gasteiger partial charge in [0.2, 0.25) is 0 Å². The molecule has 15 heavy (non-hydrogen) atoms. The Morgan fingerprint density at radius 1 is 1.33 bits per heavy atom. The van der Waals surface area contributed by atoms with Gasteiger partial charge in [-0.25, -0.2) is 4.98 Å². The Kier molecular flexibility index (Phi) is 2.52. The van der Waals surface area contributed by atoms with E-state index < -0.39 is 0 Å². The van der Waals surface area contributed by atoms with E-state index in [9.17, 15) is 0 Å². The van der Waals surface area contributed by atoms with Crippen molar-refractivity contribution in [3.05, 3.63) is 27.7 Å². The zero-order valence-corrected chi connectivity index (χ0v) is 11.0. The largest absolute Gasteiger partial charge is 0.235 e. The van der Waals surface area contributed by atoms with Gasteiger partial charge >= 0.3 is 0 Å². The van der Waals surface area contributed by atoms with Gasteiger partial charge in [-0.2, -0.15) is 0 Å². The monoisotopic (exact) mass is 239 g/mol. The van der Waals surface area contributed by atoms with Crippen molar-refractivity contribution in [1.29, 1.82) is 0 Å². The Bertz CT molecular complexity index is 508. The number of hydrogen-bond donors (Lipinski definition) is 0. The molecule has 2 rings (SSSR count). The minimum atomic E-state index is 0.0518. The van der Waals surface area contributed by atoms with Gasteiger partial charge in [-0.05, 0) is 34.9 Å². The lowest BCUT2D eigenvalue weighted by molar-refractivity contribution is 0.589. The highest BCUT2D eigenvalue weighted by Crippen LogP contribution is 2.34. The lowest BCUT2D eigenvalue weighted by atomic mass is 9.88. The maximum absolute atomic E-state index is 6.21. The van der Waals surface area contributed by atoms with Crippen LogP contribution in [0.2, 0.25) is 5.15 Å². The summed E-state index contributed by atoms with van der Waals surface area (Å²) in [7, 11) is 0. The fraction of sp³-hybridized carbons (Fsp3) is 0.417. The molecule has 1 nitrogen and oxygen atoms in total. The summed E-state index contributed by atoms with van der Waals surface area (Å²) in [5, 5.41) is 2.76. The lowest BCUT2D eigenvalue weighted by Crippen LogP contribution is -2.12. The van der Waals surface area contributed by atoms with E-state index in [4.69, 9.17) is 11.6 Å². The van der Waals surface area contributed by atoms with Gasteiger partial charge in [0.25, 0.3) is 0 Å². The standard InChI is InChI=1S/C12H14ClNS/c1-7-6-15-9-5-8(12(2,3)4)11(13)14-10(7)9/h5-6H,1-4H3. The molecule has 0 saturated carbocycles. The van der Waals surface area contributed by atoms with E-state index in [1.54, 1.807) is 11.3 Å². The van der Waals surface area contributed by atoms with Crippen LogP contribution in [-0.4, -0.2) is 4.98 Å². The summed E-state index contributed by atoms with van der Waals surface area (Å²) in [6, 6.07) is 2.17. The van der Waals surface area contributed by atoms with E-state index in [-0.39, 0.29) is 5.41 Å². The van der Waals surface area contributed by atoms with Crippen LogP contribution < -0.4 is 0 Å². The average Bonchev–Trinajstić information content (AvgIpc) is 2.45. The van der Waals surface area contributed by atoms with Gasteiger partial charge in [0, 0.05) is 0 Å². The maximum Gasteiger partial charge on any atom is 0.133 e. The number of hydrogen-bond acceptors (Lipinski definition) is 2. The van der Waals surface area contributed by atoms with Crippen molar-refractivity contribution in [1.82, 2.24) is 4.98 Å².